The molecule has 124 valence electrons. The summed E-state index contributed by atoms with van der Waals surface area (Å²) in [5.74, 6) is 1.71. The lowest BCUT2D eigenvalue weighted by Gasteiger charge is -2.07. The molecule has 0 fully saturated rings. The summed E-state index contributed by atoms with van der Waals surface area (Å²) >= 11 is 1.73. The topological polar surface area (TPSA) is 67.2 Å². The quantitative estimate of drug-likeness (QED) is 0.728. The molecule has 0 bridgehead atoms. The fourth-order valence-corrected chi connectivity index (χ4v) is 3.04. The zero-order valence-corrected chi connectivity index (χ0v) is 14.4. The Morgan fingerprint density at radius 1 is 1.26 bits per heavy atom. The van der Waals surface area contributed by atoms with Crippen LogP contribution in [0.1, 0.15) is 28.2 Å². The summed E-state index contributed by atoms with van der Waals surface area (Å²) in [6.07, 6.45) is 0.798. The molecule has 0 saturated carbocycles. The second kappa shape index (κ2) is 8.74. The molecular weight excluding hydrogens is 310 g/mol. The van der Waals surface area contributed by atoms with Crippen molar-refractivity contribution in [2.75, 3.05) is 24.7 Å². The maximum Gasteiger partial charge on any atom is 0.251 e. The predicted octanol–water partition coefficient (Wildman–Crippen LogP) is 2.33. The van der Waals surface area contributed by atoms with Crippen LogP contribution in [0, 0.1) is 13.8 Å². The molecule has 0 aliphatic heterocycles. The highest BCUT2D eigenvalue weighted by atomic mass is 32.2. The smallest absolute Gasteiger partial charge is 0.251 e. The van der Waals surface area contributed by atoms with Crippen LogP contribution in [0.25, 0.3) is 5.69 Å². The molecule has 5 nitrogen and oxygen atoms in total. The number of benzene rings is 1. The Bertz CT molecular complexity index is 638. The van der Waals surface area contributed by atoms with Crippen LogP contribution in [0.15, 0.2) is 30.3 Å². The number of hydrogen-bond donors (Lipinski definition) is 2. The number of aliphatic hydroxyl groups is 1. The van der Waals surface area contributed by atoms with E-state index in [0.29, 0.717) is 12.1 Å². The van der Waals surface area contributed by atoms with Crippen molar-refractivity contribution in [1.82, 2.24) is 15.1 Å². The molecule has 0 atom stereocenters. The highest BCUT2D eigenvalue weighted by molar-refractivity contribution is 7.99. The summed E-state index contributed by atoms with van der Waals surface area (Å²) in [7, 11) is 0. The molecule has 0 aliphatic rings. The third-order valence-electron chi connectivity index (χ3n) is 3.36. The van der Waals surface area contributed by atoms with E-state index in [0.717, 1.165) is 35.0 Å². The van der Waals surface area contributed by atoms with Gasteiger partial charge in [0, 0.05) is 30.2 Å². The first kappa shape index (κ1) is 17.6. The van der Waals surface area contributed by atoms with Gasteiger partial charge in [0.15, 0.2) is 0 Å². The van der Waals surface area contributed by atoms with E-state index in [2.05, 4.69) is 10.4 Å². The van der Waals surface area contributed by atoms with Crippen LogP contribution < -0.4 is 5.32 Å². The van der Waals surface area contributed by atoms with Gasteiger partial charge in [-0.1, -0.05) is 0 Å². The van der Waals surface area contributed by atoms with Crippen molar-refractivity contribution >= 4 is 17.7 Å². The maximum absolute atomic E-state index is 12.1. The van der Waals surface area contributed by atoms with Crippen molar-refractivity contribution in [2.24, 2.45) is 0 Å². The Morgan fingerprint density at radius 2 is 2.00 bits per heavy atom. The average Bonchev–Trinajstić information content (AvgIpc) is 2.89. The number of nitrogens with one attached hydrogen (secondary N) is 1. The summed E-state index contributed by atoms with van der Waals surface area (Å²) in [5.41, 5.74) is 3.64. The number of carbonyl (C=O) groups excluding carboxylic acids is 1. The molecule has 0 unspecified atom stereocenters. The number of aromatic nitrogens is 2. The summed E-state index contributed by atoms with van der Waals surface area (Å²) in [5, 5.41) is 16.0. The number of aryl methyl sites for hydroxylation is 2. The highest BCUT2D eigenvalue weighted by Crippen LogP contribution is 2.13. The standard InChI is InChI=1S/C17H23N3O2S/c1-13-12-14(2)20(19-13)16-6-4-15(5-7-16)17(22)18-8-11-23-10-3-9-21/h4-7,12,21H,3,8-11H2,1-2H3,(H,18,22). The Kier molecular flexibility index (Phi) is 6.67. The second-order valence-electron chi connectivity index (χ2n) is 5.33. The van der Waals surface area contributed by atoms with E-state index < -0.39 is 0 Å². The summed E-state index contributed by atoms with van der Waals surface area (Å²) < 4.78 is 1.87. The van der Waals surface area contributed by atoms with Gasteiger partial charge in [-0.2, -0.15) is 16.9 Å². The first-order chi connectivity index (χ1) is 11.1. The normalized spacial score (nSPS) is 10.7. The van der Waals surface area contributed by atoms with Crippen LogP contribution in [0.5, 0.6) is 0 Å². The van der Waals surface area contributed by atoms with Crippen molar-refractivity contribution in [3.8, 4) is 5.69 Å². The molecule has 2 N–H and O–H groups in total. The van der Waals surface area contributed by atoms with Gasteiger partial charge in [0.2, 0.25) is 0 Å². The molecule has 0 aliphatic carbocycles. The van der Waals surface area contributed by atoms with E-state index in [1.165, 1.54) is 0 Å². The van der Waals surface area contributed by atoms with E-state index in [9.17, 15) is 4.79 Å². The molecule has 2 rings (SSSR count). The molecule has 1 heterocycles. The van der Waals surface area contributed by atoms with E-state index in [1.54, 1.807) is 11.8 Å². The fraction of sp³-hybridized carbons (Fsp3) is 0.412. The van der Waals surface area contributed by atoms with E-state index >= 15 is 0 Å². The molecule has 1 aromatic carbocycles. The predicted molar refractivity (Wildman–Crippen MR) is 94.4 cm³/mol. The van der Waals surface area contributed by atoms with Gasteiger partial charge in [0.1, 0.15) is 0 Å². The second-order valence-corrected chi connectivity index (χ2v) is 6.56. The van der Waals surface area contributed by atoms with Gasteiger partial charge >= 0.3 is 0 Å². The third-order valence-corrected chi connectivity index (χ3v) is 4.43. The minimum Gasteiger partial charge on any atom is -0.396 e. The number of amides is 1. The monoisotopic (exact) mass is 333 g/mol. The SMILES string of the molecule is Cc1cc(C)n(-c2ccc(C(=O)NCCSCCCO)cc2)n1. The van der Waals surface area contributed by atoms with Gasteiger partial charge in [-0.15, -0.1) is 0 Å². The van der Waals surface area contributed by atoms with E-state index in [4.69, 9.17) is 5.11 Å². The van der Waals surface area contributed by atoms with Crippen LogP contribution in [-0.4, -0.2) is 45.5 Å². The van der Waals surface area contributed by atoms with Crippen LogP contribution in [0.3, 0.4) is 0 Å². The molecule has 23 heavy (non-hydrogen) atoms. The summed E-state index contributed by atoms with van der Waals surface area (Å²) in [6.45, 7) is 4.83. The lowest BCUT2D eigenvalue weighted by molar-refractivity contribution is 0.0956. The number of hydrogen-bond acceptors (Lipinski definition) is 4. The first-order valence-corrected chi connectivity index (χ1v) is 8.88. The van der Waals surface area contributed by atoms with Crippen LogP contribution in [-0.2, 0) is 0 Å². The molecule has 0 spiro atoms. The fourth-order valence-electron chi connectivity index (χ4n) is 2.25. The zero-order chi connectivity index (χ0) is 16.7. The summed E-state index contributed by atoms with van der Waals surface area (Å²) in [6, 6.07) is 9.48. The molecule has 6 heteroatoms. The van der Waals surface area contributed by atoms with Crippen molar-refractivity contribution in [3.63, 3.8) is 0 Å². The van der Waals surface area contributed by atoms with Gasteiger partial charge in [-0.3, -0.25) is 4.79 Å². The number of aliphatic hydroxyl groups excluding tert-OH is 1. The van der Waals surface area contributed by atoms with E-state index in [1.807, 2.05) is 48.9 Å². The van der Waals surface area contributed by atoms with Crippen molar-refractivity contribution in [2.45, 2.75) is 20.3 Å². The number of nitrogens with zero attached hydrogens (tertiary/aromatic N) is 2. The minimum absolute atomic E-state index is 0.0623. The molecule has 0 radical (unpaired) electrons. The molecule has 1 aromatic heterocycles. The summed E-state index contributed by atoms with van der Waals surface area (Å²) in [4.78, 5) is 12.1. The van der Waals surface area contributed by atoms with Gasteiger partial charge in [0.05, 0.1) is 11.4 Å². The largest absolute Gasteiger partial charge is 0.396 e. The Labute approximate surface area is 141 Å². The number of carbonyl (C=O) groups is 1. The van der Waals surface area contributed by atoms with Crippen LogP contribution >= 0.6 is 11.8 Å². The van der Waals surface area contributed by atoms with Gasteiger partial charge in [-0.25, -0.2) is 4.68 Å². The van der Waals surface area contributed by atoms with Crippen LogP contribution in [0.4, 0.5) is 0 Å². The Hall–Kier alpha value is -1.79. The zero-order valence-electron chi connectivity index (χ0n) is 13.6. The van der Waals surface area contributed by atoms with E-state index in [-0.39, 0.29) is 12.5 Å². The lowest BCUT2D eigenvalue weighted by Crippen LogP contribution is -2.25. The maximum atomic E-state index is 12.1. The third kappa shape index (κ3) is 5.11. The molecule has 2 aromatic rings. The number of thioether (sulfide) groups is 1. The minimum atomic E-state index is -0.0623. The average molecular weight is 333 g/mol. The highest BCUT2D eigenvalue weighted by Gasteiger charge is 2.07. The van der Waals surface area contributed by atoms with Crippen LogP contribution in [0.2, 0.25) is 0 Å². The Morgan fingerprint density at radius 3 is 2.61 bits per heavy atom. The molecular formula is C17H23N3O2S. The lowest BCUT2D eigenvalue weighted by atomic mass is 10.2. The number of rotatable bonds is 8. The Balaban J connectivity index is 1.87. The van der Waals surface area contributed by atoms with Crippen molar-refractivity contribution in [3.05, 3.63) is 47.3 Å². The first-order valence-electron chi connectivity index (χ1n) is 7.72. The molecule has 1 amide bonds. The van der Waals surface area contributed by atoms with Gasteiger partial charge in [0.25, 0.3) is 5.91 Å². The van der Waals surface area contributed by atoms with Crippen molar-refractivity contribution < 1.29 is 9.90 Å². The van der Waals surface area contributed by atoms with Gasteiger partial charge < -0.3 is 10.4 Å². The molecule has 0 saturated heterocycles. The van der Waals surface area contributed by atoms with Gasteiger partial charge in [-0.05, 0) is 56.4 Å². The van der Waals surface area contributed by atoms with Crippen molar-refractivity contribution in [1.29, 1.82) is 0 Å².